The number of rotatable bonds is 7. The monoisotopic (exact) mass is 450 g/mol. The van der Waals surface area contributed by atoms with Crippen LogP contribution in [0.25, 0.3) is 16.8 Å². The van der Waals surface area contributed by atoms with Crippen LogP contribution in [0, 0.1) is 17.0 Å². The molecule has 0 saturated carbocycles. The molecule has 0 aliphatic carbocycles. The maximum Gasteiger partial charge on any atom is 0.311 e. The first kappa shape index (κ1) is 21.4. The average molecular weight is 451 g/mol. The van der Waals surface area contributed by atoms with Gasteiger partial charge in [0.05, 0.1) is 28.8 Å². The largest absolute Gasteiger partial charge is 0.490 e. The number of halogens is 1. The van der Waals surface area contributed by atoms with Gasteiger partial charge in [-0.2, -0.15) is 0 Å². The van der Waals surface area contributed by atoms with Crippen molar-refractivity contribution >= 4 is 29.1 Å². The number of carbonyl (C=O) groups excluding carboxylic acids is 1. The summed E-state index contributed by atoms with van der Waals surface area (Å²) in [5, 5.41) is 12.2. The summed E-state index contributed by atoms with van der Waals surface area (Å²) in [6.45, 7) is 2.08. The van der Waals surface area contributed by atoms with Gasteiger partial charge in [-0.25, -0.2) is 0 Å². The summed E-state index contributed by atoms with van der Waals surface area (Å²) in [7, 11) is 1.35. The number of methoxy groups -OCH3 is 1. The van der Waals surface area contributed by atoms with Crippen molar-refractivity contribution in [3.8, 4) is 22.8 Å². The number of ether oxygens (including phenoxy) is 2. The minimum absolute atomic E-state index is 0.0172. The van der Waals surface area contributed by atoms with Gasteiger partial charge in [0.2, 0.25) is 5.75 Å². The second kappa shape index (κ2) is 8.72. The fourth-order valence-electron chi connectivity index (χ4n) is 3.84. The Bertz CT molecular complexity index is 1350. The molecular formula is C24H19ClN2O5. The molecule has 32 heavy (non-hydrogen) atoms. The molecule has 2 heterocycles. The van der Waals surface area contributed by atoms with Crippen LogP contribution in [0.2, 0.25) is 5.02 Å². The van der Waals surface area contributed by atoms with E-state index in [-0.39, 0.29) is 23.6 Å². The fraction of sp³-hybridized carbons (Fsp3) is 0.125. The van der Waals surface area contributed by atoms with Crippen LogP contribution in [0.4, 0.5) is 5.69 Å². The van der Waals surface area contributed by atoms with Crippen LogP contribution in [0.3, 0.4) is 0 Å². The van der Waals surface area contributed by atoms with Gasteiger partial charge in [-0.15, -0.1) is 0 Å². The van der Waals surface area contributed by atoms with E-state index < -0.39 is 4.92 Å². The first-order valence-corrected chi connectivity index (χ1v) is 10.1. The molecule has 2 aromatic heterocycles. The minimum atomic E-state index is -0.531. The molecule has 2 aromatic carbocycles. The highest BCUT2D eigenvalue weighted by atomic mass is 35.5. The highest BCUT2D eigenvalue weighted by Gasteiger charge is 2.28. The van der Waals surface area contributed by atoms with Crippen molar-refractivity contribution in [1.29, 1.82) is 0 Å². The molecule has 0 aliphatic rings. The summed E-state index contributed by atoms with van der Waals surface area (Å²) < 4.78 is 13.4. The number of carbonyl (C=O) groups is 1. The van der Waals surface area contributed by atoms with Crippen molar-refractivity contribution in [2.24, 2.45) is 0 Å². The van der Waals surface area contributed by atoms with Crippen molar-refractivity contribution in [3.05, 3.63) is 92.6 Å². The van der Waals surface area contributed by atoms with Gasteiger partial charge in [-0.05, 0) is 31.2 Å². The van der Waals surface area contributed by atoms with Gasteiger partial charge in [0.15, 0.2) is 6.29 Å². The average Bonchev–Trinajstić information content (AvgIpc) is 3.08. The van der Waals surface area contributed by atoms with Gasteiger partial charge in [-0.3, -0.25) is 14.9 Å². The number of pyridine rings is 1. The van der Waals surface area contributed by atoms with Crippen LogP contribution in [-0.2, 0) is 6.61 Å². The molecule has 0 saturated heterocycles. The molecule has 162 valence electrons. The van der Waals surface area contributed by atoms with E-state index in [1.165, 1.54) is 19.2 Å². The Kier molecular flexibility index (Phi) is 5.83. The molecule has 0 amide bonds. The summed E-state index contributed by atoms with van der Waals surface area (Å²) in [6.07, 6.45) is 2.47. The first-order valence-electron chi connectivity index (χ1n) is 9.74. The number of aldehydes is 1. The molecule has 0 bridgehead atoms. The van der Waals surface area contributed by atoms with Crippen molar-refractivity contribution in [3.63, 3.8) is 0 Å². The lowest BCUT2D eigenvalue weighted by Gasteiger charge is -2.13. The number of nitro benzene ring substituents is 1. The van der Waals surface area contributed by atoms with Crippen LogP contribution < -0.4 is 9.47 Å². The molecule has 7 nitrogen and oxygen atoms in total. The van der Waals surface area contributed by atoms with Gasteiger partial charge < -0.3 is 13.9 Å². The zero-order valence-corrected chi connectivity index (χ0v) is 18.1. The molecule has 0 unspecified atom stereocenters. The number of nitro groups is 1. The number of aromatic nitrogens is 1. The van der Waals surface area contributed by atoms with Crippen molar-refractivity contribution < 1.29 is 19.2 Å². The normalized spacial score (nSPS) is 10.8. The number of fused-ring (bicyclic) bond motifs is 1. The van der Waals surface area contributed by atoms with Gasteiger partial charge in [0.25, 0.3) is 0 Å². The Labute approximate surface area is 188 Å². The lowest BCUT2D eigenvalue weighted by Crippen LogP contribution is -2.01. The summed E-state index contributed by atoms with van der Waals surface area (Å²) in [5.41, 5.74) is 3.25. The standard InChI is InChI=1S/C24H19ClN2O5/c1-15-22(21-16(13-28)10-11-20(27(29)30)24(21)31-2)26-12-6-5-9-19(26)23(15)32-14-17-7-3-4-8-18(17)25/h3-13H,14H2,1-2H3. The van der Waals surface area contributed by atoms with Crippen LogP contribution in [0.5, 0.6) is 11.5 Å². The van der Waals surface area contributed by atoms with E-state index in [0.29, 0.717) is 33.9 Å². The molecule has 4 rings (SSSR count). The molecule has 0 N–H and O–H groups in total. The van der Waals surface area contributed by atoms with Crippen LogP contribution in [-0.4, -0.2) is 22.7 Å². The smallest absolute Gasteiger partial charge is 0.311 e. The van der Waals surface area contributed by atoms with E-state index in [2.05, 4.69) is 0 Å². The molecule has 0 atom stereocenters. The van der Waals surface area contributed by atoms with E-state index in [1.54, 1.807) is 6.07 Å². The zero-order valence-electron chi connectivity index (χ0n) is 17.4. The Morgan fingerprint density at radius 3 is 2.53 bits per heavy atom. The molecule has 4 aromatic rings. The highest BCUT2D eigenvalue weighted by molar-refractivity contribution is 6.31. The third-order valence-corrected chi connectivity index (χ3v) is 5.66. The van der Waals surface area contributed by atoms with E-state index in [0.717, 1.165) is 11.1 Å². The molecule has 0 fully saturated rings. The number of hydrogen-bond donors (Lipinski definition) is 0. The zero-order chi connectivity index (χ0) is 22.8. The summed E-state index contributed by atoms with van der Waals surface area (Å²) in [6, 6.07) is 15.7. The number of nitrogens with zero attached hydrogens (tertiary/aromatic N) is 2. The Morgan fingerprint density at radius 1 is 1.09 bits per heavy atom. The van der Waals surface area contributed by atoms with Gasteiger partial charge >= 0.3 is 5.69 Å². The van der Waals surface area contributed by atoms with Gasteiger partial charge in [0.1, 0.15) is 12.4 Å². The second-order valence-electron chi connectivity index (χ2n) is 7.10. The lowest BCUT2D eigenvalue weighted by molar-refractivity contribution is -0.385. The maximum atomic E-state index is 11.9. The van der Waals surface area contributed by atoms with Crippen LogP contribution in [0.15, 0.2) is 60.8 Å². The molecule has 8 heteroatoms. The lowest BCUT2D eigenvalue weighted by atomic mass is 10.00. The molecular weight excluding hydrogens is 432 g/mol. The predicted molar refractivity (Wildman–Crippen MR) is 122 cm³/mol. The minimum Gasteiger partial charge on any atom is -0.490 e. The van der Waals surface area contributed by atoms with Gasteiger partial charge in [0, 0.05) is 34.0 Å². The molecule has 0 aliphatic heterocycles. The Hall–Kier alpha value is -3.84. The van der Waals surface area contributed by atoms with Crippen molar-refractivity contribution in [2.75, 3.05) is 7.11 Å². The van der Waals surface area contributed by atoms with Crippen molar-refractivity contribution in [2.45, 2.75) is 13.5 Å². The Morgan fingerprint density at radius 2 is 1.84 bits per heavy atom. The maximum absolute atomic E-state index is 11.9. The highest BCUT2D eigenvalue weighted by Crippen LogP contribution is 2.45. The van der Waals surface area contributed by atoms with Crippen LogP contribution >= 0.6 is 11.6 Å². The third-order valence-electron chi connectivity index (χ3n) is 5.29. The second-order valence-corrected chi connectivity index (χ2v) is 7.50. The predicted octanol–water partition coefficient (Wildman–Crippen LogP) is 5.88. The van der Waals surface area contributed by atoms with E-state index in [9.17, 15) is 14.9 Å². The summed E-state index contributed by atoms with van der Waals surface area (Å²) in [4.78, 5) is 22.9. The van der Waals surface area contributed by atoms with E-state index >= 15 is 0 Å². The van der Waals surface area contributed by atoms with E-state index in [4.69, 9.17) is 21.1 Å². The number of benzene rings is 2. The quantitative estimate of drug-likeness (QED) is 0.199. The SMILES string of the molecule is COc1c([N+](=O)[O-])ccc(C=O)c1-c1c(C)c(OCc2ccccc2Cl)c2ccccn12. The molecule has 0 radical (unpaired) electrons. The molecule has 0 spiro atoms. The summed E-state index contributed by atoms with van der Waals surface area (Å²) >= 11 is 6.27. The first-order chi connectivity index (χ1) is 15.5. The fourth-order valence-corrected chi connectivity index (χ4v) is 4.03. The summed E-state index contributed by atoms with van der Waals surface area (Å²) in [5.74, 6) is 0.606. The van der Waals surface area contributed by atoms with Gasteiger partial charge in [-0.1, -0.05) is 35.9 Å². The number of hydrogen-bond acceptors (Lipinski definition) is 5. The van der Waals surface area contributed by atoms with E-state index in [1.807, 2.05) is 53.9 Å². The topological polar surface area (TPSA) is 83.1 Å². The van der Waals surface area contributed by atoms with Crippen molar-refractivity contribution in [1.82, 2.24) is 4.40 Å². The third kappa shape index (κ3) is 3.56. The Balaban J connectivity index is 1.95. The van der Waals surface area contributed by atoms with Crippen LogP contribution in [0.1, 0.15) is 21.5 Å².